The molecule has 0 aromatic carbocycles. The third-order valence-electron chi connectivity index (χ3n) is 2.19. The fourth-order valence-corrected chi connectivity index (χ4v) is 1.42. The van der Waals surface area contributed by atoms with Crippen molar-refractivity contribution in [2.45, 2.75) is 32.7 Å². The van der Waals surface area contributed by atoms with Crippen LogP contribution in [0.3, 0.4) is 0 Å². The van der Waals surface area contributed by atoms with E-state index < -0.39 is 0 Å². The summed E-state index contributed by atoms with van der Waals surface area (Å²) in [5, 5.41) is 3.42. The molecule has 0 amide bonds. The molecule has 14 heavy (non-hydrogen) atoms. The first-order valence-corrected chi connectivity index (χ1v) is 5.16. The molecule has 1 atom stereocenters. The number of nitrogens with zero attached hydrogens (tertiary/aromatic N) is 1. The Bertz CT molecular complexity index is 273. The molecule has 1 unspecified atom stereocenters. The van der Waals surface area contributed by atoms with E-state index in [2.05, 4.69) is 24.1 Å². The van der Waals surface area contributed by atoms with Crippen molar-refractivity contribution in [1.29, 1.82) is 0 Å². The number of anilines is 1. The normalized spacial score (nSPS) is 12.7. The van der Waals surface area contributed by atoms with E-state index in [1.54, 1.807) is 6.20 Å². The summed E-state index contributed by atoms with van der Waals surface area (Å²) >= 11 is 0. The highest BCUT2D eigenvalue weighted by atomic mass is 14.9. The summed E-state index contributed by atoms with van der Waals surface area (Å²) < 4.78 is 0. The van der Waals surface area contributed by atoms with Crippen LogP contribution in [0.4, 0.5) is 5.82 Å². The first kappa shape index (κ1) is 11.0. The molecule has 1 heterocycles. The van der Waals surface area contributed by atoms with Crippen molar-refractivity contribution in [3.05, 3.63) is 23.9 Å². The highest BCUT2D eigenvalue weighted by Gasteiger charge is 2.04. The zero-order valence-electron chi connectivity index (χ0n) is 8.96. The molecule has 0 aliphatic heterocycles. The van der Waals surface area contributed by atoms with Crippen LogP contribution < -0.4 is 11.1 Å². The van der Waals surface area contributed by atoms with Gasteiger partial charge in [0.2, 0.25) is 0 Å². The monoisotopic (exact) mass is 193 g/mol. The number of hydrogen-bond donors (Lipinski definition) is 2. The van der Waals surface area contributed by atoms with Crippen LogP contribution in [0.15, 0.2) is 18.3 Å². The van der Waals surface area contributed by atoms with Gasteiger partial charge in [0.25, 0.3) is 0 Å². The second kappa shape index (κ2) is 5.60. The van der Waals surface area contributed by atoms with E-state index in [9.17, 15) is 0 Å². The Morgan fingerprint density at radius 2 is 2.36 bits per heavy atom. The molecule has 0 fully saturated rings. The molecular formula is C11H19N3. The van der Waals surface area contributed by atoms with Crippen LogP contribution in [-0.2, 0) is 6.42 Å². The van der Waals surface area contributed by atoms with Crippen molar-refractivity contribution < 1.29 is 0 Å². The van der Waals surface area contributed by atoms with Gasteiger partial charge in [-0.2, -0.15) is 0 Å². The molecule has 3 N–H and O–H groups in total. The number of rotatable bonds is 5. The first-order chi connectivity index (χ1) is 6.74. The average Bonchev–Trinajstić information content (AvgIpc) is 2.18. The Morgan fingerprint density at radius 1 is 1.57 bits per heavy atom. The van der Waals surface area contributed by atoms with Crippen molar-refractivity contribution in [3.63, 3.8) is 0 Å². The lowest BCUT2D eigenvalue weighted by atomic mass is 10.1. The predicted octanol–water partition coefficient (Wildman–Crippen LogP) is 1.59. The van der Waals surface area contributed by atoms with Gasteiger partial charge in [-0.25, -0.2) is 4.98 Å². The summed E-state index contributed by atoms with van der Waals surface area (Å²) in [6, 6.07) is 4.42. The molecule has 3 nitrogen and oxygen atoms in total. The number of nitrogen functional groups attached to an aromatic ring is 1. The Labute approximate surface area is 85.7 Å². The highest BCUT2D eigenvalue weighted by molar-refractivity contribution is 5.38. The van der Waals surface area contributed by atoms with Gasteiger partial charge in [0.1, 0.15) is 5.82 Å². The lowest BCUT2D eigenvalue weighted by Gasteiger charge is -2.13. The van der Waals surface area contributed by atoms with Crippen LogP contribution in [0.25, 0.3) is 0 Å². The second-order valence-corrected chi connectivity index (χ2v) is 3.61. The molecule has 0 saturated heterocycles. The summed E-state index contributed by atoms with van der Waals surface area (Å²) in [5.41, 5.74) is 6.89. The van der Waals surface area contributed by atoms with Crippen LogP contribution >= 0.6 is 0 Å². The zero-order valence-corrected chi connectivity index (χ0v) is 8.96. The minimum Gasteiger partial charge on any atom is -0.383 e. The maximum atomic E-state index is 5.76. The maximum Gasteiger partial charge on any atom is 0.126 e. The van der Waals surface area contributed by atoms with Gasteiger partial charge < -0.3 is 11.1 Å². The fourth-order valence-electron chi connectivity index (χ4n) is 1.42. The third-order valence-corrected chi connectivity index (χ3v) is 2.19. The zero-order chi connectivity index (χ0) is 10.4. The van der Waals surface area contributed by atoms with Crippen molar-refractivity contribution in [1.82, 2.24) is 10.3 Å². The number of aromatic nitrogens is 1. The molecule has 1 rings (SSSR count). The van der Waals surface area contributed by atoms with Crippen molar-refractivity contribution in [2.24, 2.45) is 0 Å². The smallest absolute Gasteiger partial charge is 0.126 e. The molecule has 0 aliphatic carbocycles. The molecule has 1 aromatic rings. The average molecular weight is 193 g/mol. The minimum atomic E-state index is 0.460. The summed E-state index contributed by atoms with van der Waals surface area (Å²) in [5.74, 6) is 0.651. The fraction of sp³-hybridized carbons (Fsp3) is 0.545. The van der Waals surface area contributed by atoms with Crippen LogP contribution in [0.2, 0.25) is 0 Å². The Balaban J connectivity index is 2.47. The van der Waals surface area contributed by atoms with Gasteiger partial charge in [-0.05, 0) is 37.9 Å². The Hall–Kier alpha value is -1.09. The van der Waals surface area contributed by atoms with Gasteiger partial charge in [-0.15, -0.1) is 0 Å². The van der Waals surface area contributed by atoms with E-state index in [0.717, 1.165) is 24.9 Å². The second-order valence-electron chi connectivity index (χ2n) is 3.61. The molecule has 0 bridgehead atoms. The summed E-state index contributed by atoms with van der Waals surface area (Å²) in [4.78, 5) is 4.06. The molecular weight excluding hydrogens is 174 g/mol. The number of pyridine rings is 1. The summed E-state index contributed by atoms with van der Waals surface area (Å²) in [7, 11) is 0. The number of hydrogen-bond acceptors (Lipinski definition) is 3. The molecule has 0 spiro atoms. The SMILES string of the molecule is CCCNC(C)Cc1cccnc1N. The van der Waals surface area contributed by atoms with E-state index >= 15 is 0 Å². The number of nitrogens with two attached hydrogens (primary N) is 1. The van der Waals surface area contributed by atoms with Crippen molar-refractivity contribution in [3.8, 4) is 0 Å². The van der Waals surface area contributed by atoms with Crippen molar-refractivity contribution >= 4 is 5.82 Å². The largest absolute Gasteiger partial charge is 0.383 e. The van der Waals surface area contributed by atoms with Crippen LogP contribution in [-0.4, -0.2) is 17.6 Å². The van der Waals surface area contributed by atoms with E-state index in [1.165, 1.54) is 0 Å². The standard InChI is InChI=1S/C11H19N3/c1-3-6-13-9(2)8-10-5-4-7-14-11(10)12/h4-5,7,9,13H,3,6,8H2,1-2H3,(H2,12,14). The topological polar surface area (TPSA) is 50.9 Å². The Kier molecular flexibility index (Phi) is 4.40. The minimum absolute atomic E-state index is 0.460. The Morgan fingerprint density at radius 3 is 3.00 bits per heavy atom. The van der Waals surface area contributed by atoms with Gasteiger partial charge in [0.15, 0.2) is 0 Å². The molecule has 78 valence electrons. The quantitative estimate of drug-likeness (QED) is 0.746. The summed E-state index contributed by atoms with van der Waals surface area (Å²) in [6.45, 7) is 5.39. The third kappa shape index (κ3) is 3.34. The van der Waals surface area contributed by atoms with E-state index in [0.29, 0.717) is 11.9 Å². The molecule has 3 heteroatoms. The van der Waals surface area contributed by atoms with Gasteiger partial charge >= 0.3 is 0 Å². The van der Waals surface area contributed by atoms with E-state index in [4.69, 9.17) is 5.73 Å². The van der Waals surface area contributed by atoms with Crippen molar-refractivity contribution in [2.75, 3.05) is 12.3 Å². The van der Waals surface area contributed by atoms with E-state index in [-0.39, 0.29) is 0 Å². The predicted molar refractivity (Wildman–Crippen MR) is 60.1 cm³/mol. The van der Waals surface area contributed by atoms with Gasteiger partial charge in [0, 0.05) is 12.2 Å². The highest BCUT2D eigenvalue weighted by Crippen LogP contribution is 2.09. The summed E-state index contributed by atoms with van der Waals surface area (Å²) in [6.07, 6.45) is 3.83. The van der Waals surface area contributed by atoms with Gasteiger partial charge in [0.05, 0.1) is 0 Å². The first-order valence-electron chi connectivity index (χ1n) is 5.16. The van der Waals surface area contributed by atoms with Gasteiger partial charge in [-0.3, -0.25) is 0 Å². The lowest BCUT2D eigenvalue weighted by molar-refractivity contribution is 0.543. The van der Waals surface area contributed by atoms with Crippen LogP contribution in [0, 0.1) is 0 Å². The lowest BCUT2D eigenvalue weighted by Crippen LogP contribution is -2.29. The van der Waals surface area contributed by atoms with E-state index in [1.807, 2.05) is 12.1 Å². The van der Waals surface area contributed by atoms with Crippen LogP contribution in [0.5, 0.6) is 0 Å². The number of nitrogens with one attached hydrogen (secondary N) is 1. The molecule has 1 aromatic heterocycles. The van der Waals surface area contributed by atoms with Crippen LogP contribution in [0.1, 0.15) is 25.8 Å². The van der Waals surface area contributed by atoms with Gasteiger partial charge in [-0.1, -0.05) is 13.0 Å². The maximum absolute atomic E-state index is 5.76. The molecule has 0 radical (unpaired) electrons. The molecule has 0 aliphatic rings. The molecule has 0 saturated carbocycles.